The lowest BCUT2D eigenvalue weighted by atomic mass is 10.1. The van der Waals surface area contributed by atoms with Gasteiger partial charge in [-0.2, -0.15) is 5.26 Å². The largest absolute Gasteiger partial charge is 0.388 e. The van der Waals surface area contributed by atoms with E-state index in [9.17, 15) is 5.11 Å². The van der Waals surface area contributed by atoms with Gasteiger partial charge in [0.05, 0.1) is 29.2 Å². The summed E-state index contributed by atoms with van der Waals surface area (Å²) >= 11 is 3.50. The summed E-state index contributed by atoms with van der Waals surface area (Å²) in [5.74, 6) is 0.632. The molecule has 3 rings (SSSR count). The summed E-state index contributed by atoms with van der Waals surface area (Å²) in [6.45, 7) is 0.477. The van der Waals surface area contributed by atoms with Gasteiger partial charge in [-0.15, -0.1) is 0 Å². The van der Waals surface area contributed by atoms with Crippen LogP contribution in [0.2, 0.25) is 0 Å². The van der Waals surface area contributed by atoms with Crippen LogP contribution in [0.1, 0.15) is 17.0 Å². The third-order valence-corrected chi connectivity index (χ3v) is 4.12. The molecule has 0 aliphatic rings. The normalized spacial score (nSPS) is 10.7. The minimum absolute atomic E-state index is 0.109. The quantitative estimate of drug-likeness (QED) is 0.795. The van der Waals surface area contributed by atoms with Crippen molar-refractivity contribution >= 4 is 27.0 Å². The maximum absolute atomic E-state index is 9.51. The summed E-state index contributed by atoms with van der Waals surface area (Å²) in [5, 5.41) is 18.4. The fraction of sp³-hybridized carbons (Fsp3) is 0.125. The predicted molar refractivity (Wildman–Crippen MR) is 83.6 cm³/mol. The zero-order valence-electron chi connectivity index (χ0n) is 11.1. The van der Waals surface area contributed by atoms with Crippen LogP contribution in [-0.2, 0) is 13.2 Å². The molecule has 104 valence electrons. The van der Waals surface area contributed by atoms with Gasteiger partial charge >= 0.3 is 0 Å². The molecule has 3 aromatic rings. The Morgan fingerprint density at radius 2 is 2.05 bits per heavy atom. The number of nitriles is 1. The molecule has 0 bridgehead atoms. The van der Waals surface area contributed by atoms with Gasteiger partial charge in [-0.05, 0) is 29.8 Å². The molecule has 21 heavy (non-hydrogen) atoms. The molecule has 0 radical (unpaired) electrons. The molecule has 5 heteroatoms. The Labute approximate surface area is 130 Å². The molecule has 2 aromatic carbocycles. The van der Waals surface area contributed by atoms with E-state index in [1.54, 1.807) is 12.1 Å². The minimum Gasteiger partial charge on any atom is -0.388 e. The molecular formula is C16H12BrN3O. The zero-order valence-corrected chi connectivity index (χ0v) is 12.7. The highest BCUT2D eigenvalue weighted by Crippen LogP contribution is 2.23. The number of para-hydroxylation sites is 2. The summed E-state index contributed by atoms with van der Waals surface area (Å²) in [6.07, 6.45) is 0. The first-order valence-electron chi connectivity index (χ1n) is 6.46. The molecule has 0 fully saturated rings. The van der Waals surface area contributed by atoms with Crippen molar-refractivity contribution in [3.05, 3.63) is 63.9 Å². The molecule has 0 aliphatic heterocycles. The van der Waals surface area contributed by atoms with Gasteiger partial charge in [0.1, 0.15) is 12.4 Å². The minimum atomic E-state index is -0.109. The van der Waals surface area contributed by atoms with Crippen molar-refractivity contribution in [3.63, 3.8) is 0 Å². The molecule has 0 saturated heterocycles. The zero-order chi connectivity index (χ0) is 14.8. The van der Waals surface area contributed by atoms with Crippen LogP contribution >= 0.6 is 15.9 Å². The molecule has 1 aromatic heterocycles. The molecule has 0 atom stereocenters. The first-order valence-corrected chi connectivity index (χ1v) is 7.25. The van der Waals surface area contributed by atoms with Crippen LogP contribution in [0.15, 0.2) is 46.9 Å². The van der Waals surface area contributed by atoms with Gasteiger partial charge in [-0.1, -0.05) is 34.1 Å². The van der Waals surface area contributed by atoms with Crippen molar-refractivity contribution in [1.82, 2.24) is 9.55 Å². The van der Waals surface area contributed by atoms with E-state index in [-0.39, 0.29) is 6.61 Å². The Hall–Kier alpha value is -2.16. The van der Waals surface area contributed by atoms with Crippen molar-refractivity contribution in [3.8, 4) is 6.07 Å². The maximum Gasteiger partial charge on any atom is 0.136 e. The van der Waals surface area contributed by atoms with E-state index in [1.165, 1.54) is 0 Å². The van der Waals surface area contributed by atoms with Crippen molar-refractivity contribution in [2.24, 2.45) is 0 Å². The van der Waals surface area contributed by atoms with Crippen LogP contribution in [0.3, 0.4) is 0 Å². The lowest BCUT2D eigenvalue weighted by molar-refractivity contribution is 0.267. The molecule has 0 amide bonds. The molecule has 0 aliphatic carbocycles. The van der Waals surface area contributed by atoms with Crippen molar-refractivity contribution in [1.29, 1.82) is 5.26 Å². The van der Waals surface area contributed by atoms with E-state index in [4.69, 9.17) is 5.26 Å². The molecule has 1 heterocycles. The number of hydrogen-bond acceptors (Lipinski definition) is 3. The number of fused-ring (bicyclic) bond motifs is 1. The Morgan fingerprint density at radius 1 is 1.24 bits per heavy atom. The van der Waals surface area contributed by atoms with E-state index >= 15 is 0 Å². The first-order chi connectivity index (χ1) is 10.2. The van der Waals surface area contributed by atoms with Crippen molar-refractivity contribution in [2.75, 3.05) is 0 Å². The van der Waals surface area contributed by atoms with Gasteiger partial charge in [0, 0.05) is 4.47 Å². The molecule has 0 spiro atoms. The molecule has 4 nitrogen and oxygen atoms in total. The van der Waals surface area contributed by atoms with Crippen LogP contribution in [-0.4, -0.2) is 14.7 Å². The van der Waals surface area contributed by atoms with E-state index in [0.29, 0.717) is 17.9 Å². The number of benzene rings is 2. The number of aromatic nitrogens is 2. The topological polar surface area (TPSA) is 61.8 Å². The third-order valence-electron chi connectivity index (χ3n) is 3.39. The standard InChI is InChI=1S/C16H12BrN3O/c17-13-7-11(8-18)5-6-12(13)9-20-15-4-2-1-3-14(15)19-16(20)10-21/h1-7,21H,9-10H2. The summed E-state index contributed by atoms with van der Waals surface area (Å²) < 4.78 is 2.87. The number of nitrogens with zero attached hydrogens (tertiary/aromatic N) is 3. The molecule has 1 N–H and O–H groups in total. The summed E-state index contributed by atoms with van der Waals surface area (Å²) in [5.41, 5.74) is 3.50. The fourth-order valence-corrected chi connectivity index (χ4v) is 2.84. The Morgan fingerprint density at radius 3 is 2.76 bits per heavy atom. The van der Waals surface area contributed by atoms with Crippen molar-refractivity contribution < 1.29 is 5.11 Å². The average molecular weight is 342 g/mol. The highest BCUT2D eigenvalue weighted by atomic mass is 79.9. The van der Waals surface area contributed by atoms with E-state index in [0.717, 1.165) is 21.1 Å². The lowest BCUT2D eigenvalue weighted by Crippen LogP contribution is -2.05. The van der Waals surface area contributed by atoms with Gasteiger partial charge in [0.25, 0.3) is 0 Å². The van der Waals surface area contributed by atoms with Gasteiger partial charge in [-0.25, -0.2) is 4.98 Å². The van der Waals surface area contributed by atoms with Crippen LogP contribution in [0.25, 0.3) is 11.0 Å². The van der Waals surface area contributed by atoms with E-state index < -0.39 is 0 Å². The predicted octanol–water partition coefficient (Wildman–Crippen LogP) is 3.21. The smallest absolute Gasteiger partial charge is 0.136 e. The van der Waals surface area contributed by atoms with Crippen LogP contribution in [0.5, 0.6) is 0 Å². The number of hydrogen-bond donors (Lipinski definition) is 1. The fourth-order valence-electron chi connectivity index (χ4n) is 2.34. The number of aliphatic hydroxyl groups excluding tert-OH is 1. The number of rotatable bonds is 3. The monoisotopic (exact) mass is 341 g/mol. The van der Waals surface area contributed by atoms with E-state index in [1.807, 2.05) is 34.9 Å². The highest BCUT2D eigenvalue weighted by molar-refractivity contribution is 9.10. The van der Waals surface area contributed by atoms with Crippen LogP contribution in [0, 0.1) is 11.3 Å². The second kappa shape index (κ2) is 5.68. The molecular weight excluding hydrogens is 330 g/mol. The highest BCUT2D eigenvalue weighted by Gasteiger charge is 2.11. The molecule has 0 saturated carbocycles. The van der Waals surface area contributed by atoms with E-state index in [2.05, 4.69) is 27.0 Å². The second-order valence-corrected chi connectivity index (χ2v) is 5.53. The third kappa shape index (κ3) is 2.56. The summed E-state index contributed by atoms with van der Waals surface area (Å²) in [7, 11) is 0. The van der Waals surface area contributed by atoms with Gasteiger partial charge < -0.3 is 9.67 Å². The molecule has 0 unspecified atom stereocenters. The maximum atomic E-state index is 9.51. The SMILES string of the molecule is N#Cc1ccc(Cn2c(CO)nc3ccccc32)c(Br)c1. The summed E-state index contributed by atoms with van der Waals surface area (Å²) in [4.78, 5) is 4.44. The van der Waals surface area contributed by atoms with Crippen LogP contribution in [0.4, 0.5) is 0 Å². The number of halogens is 1. The van der Waals surface area contributed by atoms with Crippen molar-refractivity contribution in [2.45, 2.75) is 13.2 Å². The second-order valence-electron chi connectivity index (χ2n) is 4.68. The van der Waals surface area contributed by atoms with Crippen LogP contribution < -0.4 is 0 Å². The number of imidazole rings is 1. The Balaban J connectivity index is 2.07. The van der Waals surface area contributed by atoms with Gasteiger partial charge in [-0.3, -0.25) is 0 Å². The van der Waals surface area contributed by atoms with Gasteiger partial charge in [0.2, 0.25) is 0 Å². The first kappa shape index (κ1) is 13.8. The summed E-state index contributed by atoms with van der Waals surface area (Å²) in [6, 6.07) is 15.4. The Bertz CT molecular complexity index is 848. The Kier molecular flexibility index (Phi) is 3.74. The van der Waals surface area contributed by atoms with Gasteiger partial charge in [0.15, 0.2) is 0 Å². The average Bonchev–Trinajstić information content (AvgIpc) is 2.87. The lowest BCUT2D eigenvalue weighted by Gasteiger charge is -2.10. The number of aliphatic hydroxyl groups is 1.